The normalized spacial score (nSPS) is 19.2. The Hall–Kier alpha value is -3.33. The Morgan fingerprint density at radius 3 is 2.32 bits per heavy atom. The van der Waals surface area contributed by atoms with Crippen LogP contribution < -0.4 is 0 Å². The van der Waals surface area contributed by atoms with Gasteiger partial charge < -0.3 is 9.88 Å². The van der Waals surface area contributed by atoms with E-state index in [1.807, 2.05) is 12.1 Å². The summed E-state index contributed by atoms with van der Waals surface area (Å²) in [5.41, 5.74) is 6.64. The number of carbonyl (C=O) groups is 1. The van der Waals surface area contributed by atoms with Crippen molar-refractivity contribution in [2.24, 2.45) is 0 Å². The molecule has 31 heavy (non-hydrogen) atoms. The highest BCUT2D eigenvalue weighted by molar-refractivity contribution is 6.02. The maximum absolute atomic E-state index is 13.7. The van der Waals surface area contributed by atoms with E-state index in [4.69, 9.17) is 0 Å². The fourth-order valence-electron chi connectivity index (χ4n) is 5.65. The lowest BCUT2D eigenvalue weighted by molar-refractivity contribution is 0.0614. The van der Waals surface area contributed by atoms with Crippen molar-refractivity contribution in [3.05, 3.63) is 95.6 Å². The van der Waals surface area contributed by atoms with Crippen LogP contribution in [0.15, 0.2) is 78.9 Å². The molecule has 2 heterocycles. The number of hydrogen-bond donors (Lipinski definition) is 1. The minimum atomic E-state index is -0.0573. The predicted molar refractivity (Wildman–Crippen MR) is 125 cm³/mol. The van der Waals surface area contributed by atoms with Crippen LogP contribution in [0.25, 0.3) is 22.2 Å². The number of benzene rings is 3. The first kappa shape index (κ1) is 18.4. The van der Waals surface area contributed by atoms with Crippen LogP contribution in [0.2, 0.25) is 0 Å². The molecule has 6 rings (SSSR count). The van der Waals surface area contributed by atoms with E-state index in [0.29, 0.717) is 6.04 Å². The summed E-state index contributed by atoms with van der Waals surface area (Å²) in [6.45, 7) is 0. The summed E-state index contributed by atoms with van der Waals surface area (Å²) in [6, 6.07) is 27.5. The van der Waals surface area contributed by atoms with E-state index in [2.05, 4.69) is 76.6 Å². The summed E-state index contributed by atoms with van der Waals surface area (Å²) < 4.78 is 0. The van der Waals surface area contributed by atoms with Gasteiger partial charge in [0.25, 0.3) is 5.91 Å². The van der Waals surface area contributed by atoms with Crippen molar-refractivity contribution in [1.29, 1.82) is 0 Å². The smallest absolute Gasteiger partial charge is 0.255 e. The molecule has 1 amide bonds. The van der Waals surface area contributed by atoms with Crippen LogP contribution in [0, 0.1) is 0 Å². The number of hydrogen-bond acceptors (Lipinski definition) is 1. The molecule has 3 nitrogen and oxygen atoms in total. The molecule has 1 atom stereocenters. The molecular weight excluding hydrogens is 380 g/mol. The highest BCUT2D eigenvalue weighted by atomic mass is 16.2. The molecule has 1 saturated carbocycles. The average Bonchev–Trinajstić information content (AvgIpc) is 3.35. The van der Waals surface area contributed by atoms with E-state index >= 15 is 0 Å². The number of para-hydroxylation sites is 1. The van der Waals surface area contributed by atoms with Crippen LogP contribution in [-0.4, -0.2) is 21.8 Å². The number of amides is 1. The summed E-state index contributed by atoms with van der Waals surface area (Å²) in [4.78, 5) is 19.6. The van der Waals surface area contributed by atoms with E-state index < -0.39 is 0 Å². The minimum absolute atomic E-state index is 0.0573. The van der Waals surface area contributed by atoms with E-state index in [1.54, 1.807) is 0 Å². The van der Waals surface area contributed by atoms with Gasteiger partial charge in [-0.25, -0.2) is 0 Å². The van der Waals surface area contributed by atoms with Gasteiger partial charge in [0.2, 0.25) is 0 Å². The molecular formula is C28H26N2O. The molecule has 4 aromatic rings. The van der Waals surface area contributed by atoms with Crippen molar-refractivity contribution in [2.75, 3.05) is 0 Å². The Kier molecular flexibility index (Phi) is 4.41. The lowest BCUT2D eigenvalue weighted by Gasteiger charge is -2.36. The number of carbonyl (C=O) groups excluding carboxylic acids is 1. The summed E-state index contributed by atoms with van der Waals surface area (Å²) in [7, 11) is 0. The fraction of sp³-hybridized carbons (Fsp3) is 0.250. The topological polar surface area (TPSA) is 36.1 Å². The van der Waals surface area contributed by atoms with Gasteiger partial charge in [0, 0.05) is 28.1 Å². The SMILES string of the molecule is O=C1c2ccccc2[C@H](c2c(-c3ccccc3)[nH]c3ccccc23)N1C1CCCCC1. The number of rotatable bonds is 3. The van der Waals surface area contributed by atoms with Crippen LogP contribution in [0.4, 0.5) is 0 Å². The van der Waals surface area contributed by atoms with Crippen LogP contribution in [0.3, 0.4) is 0 Å². The number of H-pyrrole nitrogens is 1. The largest absolute Gasteiger partial charge is 0.354 e. The average molecular weight is 407 g/mol. The molecule has 0 spiro atoms. The van der Waals surface area contributed by atoms with Crippen molar-refractivity contribution in [1.82, 2.24) is 9.88 Å². The van der Waals surface area contributed by atoms with Gasteiger partial charge in [0.15, 0.2) is 0 Å². The first-order chi connectivity index (χ1) is 15.3. The van der Waals surface area contributed by atoms with Gasteiger partial charge in [-0.2, -0.15) is 0 Å². The van der Waals surface area contributed by atoms with Gasteiger partial charge in [0.05, 0.1) is 11.7 Å². The highest BCUT2D eigenvalue weighted by Gasteiger charge is 2.43. The number of nitrogens with one attached hydrogen (secondary N) is 1. The maximum Gasteiger partial charge on any atom is 0.255 e. The van der Waals surface area contributed by atoms with Crippen LogP contribution >= 0.6 is 0 Å². The van der Waals surface area contributed by atoms with Crippen LogP contribution in [0.1, 0.15) is 59.6 Å². The lowest BCUT2D eigenvalue weighted by atomic mass is 9.89. The summed E-state index contributed by atoms with van der Waals surface area (Å²) in [5, 5.41) is 1.21. The van der Waals surface area contributed by atoms with Gasteiger partial charge >= 0.3 is 0 Å². The van der Waals surface area contributed by atoms with Gasteiger partial charge in [-0.15, -0.1) is 0 Å². The van der Waals surface area contributed by atoms with Crippen LogP contribution in [-0.2, 0) is 0 Å². The number of nitrogens with zero attached hydrogens (tertiary/aromatic N) is 1. The zero-order valence-electron chi connectivity index (χ0n) is 17.6. The molecule has 3 aromatic carbocycles. The van der Waals surface area contributed by atoms with Crippen molar-refractivity contribution < 1.29 is 4.79 Å². The van der Waals surface area contributed by atoms with E-state index in [-0.39, 0.29) is 11.9 Å². The first-order valence-electron chi connectivity index (χ1n) is 11.4. The van der Waals surface area contributed by atoms with Gasteiger partial charge in [-0.3, -0.25) is 4.79 Å². The zero-order chi connectivity index (χ0) is 20.8. The monoisotopic (exact) mass is 406 g/mol. The Morgan fingerprint density at radius 2 is 1.48 bits per heavy atom. The van der Waals surface area contributed by atoms with Crippen molar-refractivity contribution in [2.45, 2.75) is 44.2 Å². The second-order valence-electron chi connectivity index (χ2n) is 8.82. The molecule has 0 bridgehead atoms. The molecule has 154 valence electrons. The molecule has 1 aliphatic heterocycles. The van der Waals surface area contributed by atoms with Crippen molar-refractivity contribution >= 4 is 16.8 Å². The minimum Gasteiger partial charge on any atom is -0.354 e. The van der Waals surface area contributed by atoms with E-state index in [1.165, 1.54) is 30.2 Å². The second kappa shape index (κ2) is 7.42. The van der Waals surface area contributed by atoms with Gasteiger partial charge in [0.1, 0.15) is 0 Å². The lowest BCUT2D eigenvalue weighted by Crippen LogP contribution is -2.40. The molecule has 3 heteroatoms. The molecule has 1 N–H and O–H groups in total. The number of fused-ring (bicyclic) bond motifs is 2. The summed E-state index contributed by atoms with van der Waals surface area (Å²) in [5.74, 6) is 0.191. The Bertz CT molecular complexity index is 1250. The zero-order valence-corrected chi connectivity index (χ0v) is 17.6. The highest BCUT2D eigenvalue weighted by Crippen LogP contribution is 2.47. The van der Waals surface area contributed by atoms with E-state index in [9.17, 15) is 4.79 Å². The Morgan fingerprint density at radius 1 is 0.774 bits per heavy atom. The molecule has 0 radical (unpaired) electrons. The van der Waals surface area contributed by atoms with Crippen molar-refractivity contribution in [3.63, 3.8) is 0 Å². The molecule has 1 aliphatic carbocycles. The third kappa shape index (κ3) is 2.91. The third-order valence-electron chi connectivity index (χ3n) is 7.05. The predicted octanol–water partition coefficient (Wildman–Crippen LogP) is 6.71. The molecule has 1 fully saturated rings. The van der Waals surface area contributed by atoms with Gasteiger partial charge in [-0.1, -0.05) is 86.0 Å². The van der Waals surface area contributed by atoms with Crippen molar-refractivity contribution in [3.8, 4) is 11.3 Å². The maximum atomic E-state index is 13.7. The van der Waals surface area contributed by atoms with Crippen LogP contribution in [0.5, 0.6) is 0 Å². The molecule has 0 unspecified atom stereocenters. The number of aromatic amines is 1. The second-order valence-corrected chi connectivity index (χ2v) is 8.82. The quantitative estimate of drug-likeness (QED) is 0.403. The third-order valence-corrected chi connectivity index (χ3v) is 7.05. The molecule has 0 saturated heterocycles. The molecule has 1 aromatic heterocycles. The summed E-state index contributed by atoms with van der Waals surface area (Å²) >= 11 is 0. The standard InChI is InChI=1S/C28H26N2O/c31-28-22-16-8-7-15-21(22)27(30(28)20-13-5-2-6-14-20)25-23-17-9-10-18-24(23)29-26(25)19-11-3-1-4-12-19/h1,3-4,7-12,15-18,20,27,29H,2,5-6,13-14H2/t27-/m1/s1. The summed E-state index contributed by atoms with van der Waals surface area (Å²) in [6.07, 6.45) is 5.88. The van der Waals surface area contributed by atoms with E-state index in [0.717, 1.165) is 40.7 Å². The number of aromatic nitrogens is 1. The first-order valence-corrected chi connectivity index (χ1v) is 11.4. The molecule has 2 aliphatic rings. The van der Waals surface area contributed by atoms with Gasteiger partial charge in [-0.05, 0) is 36.1 Å². The fourth-order valence-corrected chi connectivity index (χ4v) is 5.65. The Balaban J connectivity index is 1.62. The Labute approximate surface area is 182 Å².